The van der Waals surface area contributed by atoms with Crippen LogP contribution in [-0.4, -0.2) is 31.3 Å². The summed E-state index contributed by atoms with van der Waals surface area (Å²) in [6, 6.07) is 10.1. The van der Waals surface area contributed by atoms with Gasteiger partial charge in [0.1, 0.15) is 6.17 Å². The van der Waals surface area contributed by atoms with Gasteiger partial charge in [0.2, 0.25) is 6.17 Å². The van der Waals surface area contributed by atoms with Crippen LogP contribution in [0.4, 0.5) is 39.0 Å². The van der Waals surface area contributed by atoms with E-state index in [1.807, 2.05) is 13.0 Å². The average Bonchev–Trinajstić information content (AvgIpc) is 3.37. The van der Waals surface area contributed by atoms with Crippen LogP contribution in [-0.2, 0) is 17.5 Å². The van der Waals surface area contributed by atoms with Gasteiger partial charge < -0.3 is 15.5 Å². The largest absolute Gasteiger partial charge is 0.416 e. The van der Waals surface area contributed by atoms with Crippen molar-refractivity contribution in [2.75, 3.05) is 28.6 Å². The molecule has 1 aliphatic heterocycles. The highest BCUT2D eigenvalue weighted by atomic mass is 19.4. The molecular formula is C26H32F5N3O. The van der Waals surface area contributed by atoms with Crippen LogP contribution in [0.25, 0.3) is 0 Å². The molecule has 2 atom stereocenters. The van der Waals surface area contributed by atoms with E-state index >= 15 is 0 Å². The molecule has 9 heteroatoms. The number of carbonyl (C=O) groups excluding carboxylic acids is 1. The summed E-state index contributed by atoms with van der Waals surface area (Å²) in [4.78, 5) is 14.5. The summed E-state index contributed by atoms with van der Waals surface area (Å²) in [6.07, 6.45) is -4.30. The fourth-order valence-corrected chi connectivity index (χ4v) is 4.08. The predicted molar refractivity (Wildman–Crippen MR) is 129 cm³/mol. The molecule has 0 bridgehead atoms. The minimum atomic E-state index is -4.38. The molecule has 2 aromatic carbocycles. The number of halogens is 5. The van der Waals surface area contributed by atoms with Crippen molar-refractivity contribution < 1.29 is 26.7 Å². The Kier molecular flexibility index (Phi) is 9.34. The Labute approximate surface area is 202 Å². The molecule has 0 unspecified atom stereocenters. The standard InChI is InChI=1S/C26H32F5N3O/c1-2-3-4-7-21(27)24(28)25(35)33-22-13-12-20(16-23(22)34-14-5-6-15-34)32-17-18-8-10-19(11-9-18)26(29,30)31/h8-13,16,21,24,32H,2-7,14-15,17H2,1H3,(H,33,35)/t21-,24-/m1/s1. The van der Waals surface area contributed by atoms with Crippen molar-refractivity contribution in [1.29, 1.82) is 0 Å². The maximum Gasteiger partial charge on any atom is 0.416 e. The van der Waals surface area contributed by atoms with Crippen molar-refractivity contribution in [3.63, 3.8) is 0 Å². The lowest BCUT2D eigenvalue weighted by atomic mass is 10.1. The highest BCUT2D eigenvalue weighted by Gasteiger charge is 2.30. The number of carbonyl (C=O) groups is 1. The minimum Gasteiger partial charge on any atom is -0.381 e. The second-order valence-electron chi connectivity index (χ2n) is 8.88. The van der Waals surface area contributed by atoms with E-state index in [0.29, 0.717) is 35.6 Å². The van der Waals surface area contributed by atoms with Crippen LogP contribution in [0.1, 0.15) is 56.6 Å². The second-order valence-corrected chi connectivity index (χ2v) is 8.88. The van der Waals surface area contributed by atoms with Gasteiger partial charge in [-0.15, -0.1) is 0 Å². The fourth-order valence-electron chi connectivity index (χ4n) is 4.08. The van der Waals surface area contributed by atoms with Crippen molar-refractivity contribution in [3.05, 3.63) is 53.6 Å². The topological polar surface area (TPSA) is 44.4 Å². The van der Waals surface area contributed by atoms with E-state index in [1.165, 1.54) is 12.1 Å². The molecule has 35 heavy (non-hydrogen) atoms. The number of anilines is 3. The molecule has 0 radical (unpaired) electrons. The third-order valence-electron chi connectivity index (χ3n) is 6.13. The van der Waals surface area contributed by atoms with Gasteiger partial charge in [-0.1, -0.05) is 38.3 Å². The molecule has 0 aromatic heterocycles. The molecular weight excluding hydrogens is 465 g/mol. The smallest absolute Gasteiger partial charge is 0.381 e. The molecule has 2 N–H and O–H groups in total. The first-order chi connectivity index (χ1) is 16.7. The Hall–Kier alpha value is -2.84. The van der Waals surface area contributed by atoms with E-state index in [1.54, 1.807) is 12.1 Å². The van der Waals surface area contributed by atoms with Crippen molar-refractivity contribution in [1.82, 2.24) is 0 Å². The molecule has 1 aliphatic rings. The zero-order valence-electron chi connectivity index (χ0n) is 19.8. The lowest BCUT2D eigenvalue weighted by Gasteiger charge is -2.24. The Morgan fingerprint density at radius 1 is 1.03 bits per heavy atom. The van der Waals surface area contributed by atoms with Gasteiger partial charge in [-0.25, -0.2) is 8.78 Å². The highest BCUT2D eigenvalue weighted by molar-refractivity contribution is 5.98. The van der Waals surface area contributed by atoms with E-state index in [0.717, 1.165) is 50.9 Å². The number of amides is 1. The maximum absolute atomic E-state index is 14.4. The minimum absolute atomic E-state index is 0.00815. The number of rotatable bonds is 11. The van der Waals surface area contributed by atoms with Crippen molar-refractivity contribution in [3.8, 4) is 0 Å². The van der Waals surface area contributed by atoms with Gasteiger partial charge in [-0.3, -0.25) is 4.79 Å². The van der Waals surface area contributed by atoms with E-state index in [9.17, 15) is 26.7 Å². The molecule has 0 aliphatic carbocycles. The molecule has 4 nitrogen and oxygen atoms in total. The third kappa shape index (κ3) is 7.57. The number of hydrogen-bond acceptors (Lipinski definition) is 3. The maximum atomic E-state index is 14.4. The van der Waals surface area contributed by atoms with Gasteiger partial charge in [0.25, 0.3) is 5.91 Å². The van der Waals surface area contributed by atoms with Gasteiger partial charge in [0.05, 0.1) is 16.9 Å². The average molecular weight is 498 g/mol. The first kappa shape index (κ1) is 26.8. The van der Waals surface area contributed by atoms with Crippen LogP contribution in [0.15, 0.2) is 42.5 Å². The van der Waals surface area contributed by atoms with Crippen molar-refractivity contribution >= 4 is 23.0 Å². The predicted octanol–water partition coefficient (Wildman–Crippen LogP) is 7.11. The Bertz CT molecular complexity index is 958. The van der Waals surface area contributed by atoms with Crippen LogP contribution >= 0.6 is 0 Å². The van der Waals surface area contributed by atoms with Gasteiger partial charge in [-0.05, 0) is 55.2 Å². The van der Waals surface area contributed by atoms with Gasteiger partial charge >= 0.3 is 6.18 Å². The number of unbranched alkanes of at least 4 members (excludes halogenated alkanes) is 2. The van der Waals surface area contributed by atoms with Crippen LogP contribution in [0.3, 0.4) is 0 Å². The summed E-state index contributed by atoms with van der Waals surface area (Å²) < 4.78 is 66.9. The lowest BCUT2D eigenvalue weighted by molar-refractivity contribution is -0.137. The molecule has 192 valence electrons. The number of hydrogen-bond donors (Lipinski definition) is 2. The zero-order valence-corrected chi connectivity index (χ0v) is 19.8. The van der Waals surface area contributed by atoms with Crippen LogP contribution in [0, 0.1) is 0 Å². The second kappa shape index (κ2) is 12.2. The first-order valence-corrected chi connectivity index (χ1v) is 12.1. The number of nitrogens with zero attached hydrogens (tertiary/aromatic N) is 1. The summed E-state index contributed by atoms with van der Waals surface area (Å²) in [5.41, 5.74) is 1.77. The third-order valence-corrected chi connectivity index (χ3v) is 6.13. The molecule has 1 fully saturated rings. The quantitative estimate of drug-likeness (QED) is 0.257. The molecule has 1 heterocycles. The van der Waals surface area contributed by atoms with Gasteiger partial charge in [-0.2, -0.15) is 13.2 Å². The molecule has 0 saturated carbocycles. The fraction of sp³-hybridized carbons (Fsp3) is 0.500. The van der Waals surface area contributed by atoms with Crippen LogP contribution < -0.4 is 15.5 Å². The summed E-state index contributed by atoms with van der Waals surface area (Å²) in [7, 11) is 0. The van der Waals surface area contributed by atoms with Crippen molar-refractivity contribution in [2.45, 2.75) is 70.5 Å². The molecule has 0 spiro atoms. The summed E-state index contributed by atoms with van der Waals surface area (Å²) in [6.45, 7) is 3.81. The Morgan fingerprint density at radius 2 is 1.71 bits per heavy atom. The first-order valence-electron chi connectivity index (χ1n) is 12.1. The Morgan fingerprint density at radius 3 is 2.34 bits per heavy atom. The summed E-state index contributed by atoms with van der Waals surface area (Å²) in [5.74, 6) is -1.00. The Balaban J connectivity index is 1.68. The van der Waals surface area contributed by atoms with Crippen LogP contribution in [0.5, 0.6) is 0 Å². The molecule has 3 rings (SSSR count). The van der Waals surface area contributed by atoms with Crippen molar-refractivity contribution in [2.24, 2.45) is 0 Å². The number of alkyl halides is 5. The molecule has 1 amide bonds. The highest BCUT2D eigenvalue weighted by Crippen LogP contribution is 2.33. The molecule has 1 saturated heterocycles. The van der Waals surface area contributed by atoms with Crippen LogP contribution in [0.2, 0.25) is 0 Å². The number of nitrogens with one attached hydrogen (secondary N) is 2. The van der Waals surface area contributed by atoms with Gasteiger partial charge in [0, 0.05) is 25.3 Å². The monoisotopic (exact) mass is 497 g/mol. The SMILES string of the molecule is CCCCC[C@@H](F)[C@@H](F)C(=O)Nc1ccc(NCc2ccc(C(F)(F)F)cc2)cc1N1CCCC1. The van der Waals surface area contributed by atoms with E-state index in [2.05, 4.69) is 15.5 Å². The number of benzene rings is 2. The molecule has 2 aromatic rings. The normalized spacial score (nSPS) is 15.7. The summed E-state index contributed by atoms with van der Waals surface area (Å²) in [5, 5.41) is 5.73. The van der Waals surface area contributed by atoms with E-state index < -0.39 is 30.0 Å². The zero-order chi connectivity index (χ0) is 25.4. The van der Waals surface area contributed by atoms with Gasteiger partial charge in [0.15, 0.2) is 0 Å². The summed E-state index contributed by atoms with van der Waals surface area (Å²) >= 11 is 0. The van der Waals surface area contributed by atoms with E-state index in [4.69, 9.17) is 0 Å². The van der Waals surface area contributed by atoms with E-state index in [-0.39, 0.29) is 6.42 Å². The lowest BCUT2D eigenvalue weighted by Crippen LogP contribution is -2.33.